The number of hydrogen-bond donors (Lipinski definition) is 1. The standard InChI is InChI=1S/C18H25N5O2S/c1-22(11-14-5-3-4-6-16(14)25-2)17(24)12-26-18-21-20-13-23(18)15-7-9-19-10-8-15/h3-6,13,15,19H,7-12H2,1-2H3. The summed E-state index contributed by atoms with van der Waals surface area (Å²) in [5.74, 6) is 1.20. The third-order valence-corrected chi connectivity index (χ3v) is 5.53. The van der Waals surface area contributed by atoms with Gasteiger partial charge >= 0.3 is 0 Å². The number of benzene rings is 1. The Balaban J connectivity index is 1.56. The Hall–Kier alpha value is -2.06. The molecule has 0 radical (unpaired) electrons. The Morgan fingerprint density at radius 2 is 2.15 bits per heavy atom. The van der Waals surface area contributed by atoms with Crippen LogP contribution in [0.5, 0.6) is 5.75 Å². The van der Waals surface area contributed by atoms with Gasteiger partial charge in [-0.05, 0) is 32.0 Å². The SMILES string of the molecule is COc1ccccc1CN(C)C(=O)CSc1nncn1C1CCNCC1. The van der Waals surface area contributed by atoms with E-state index < -0.39 is 0 Å². The van der Waals surface area contributed by atoms with Gasteiger partial charge in [0.2, 0.25) is 5.91 Å². The van der Waals surface area contributed by atoms with Gasteiger partial charge in [-0.3, -0.25) is 4.79 Å². The van der Waals surface area contributed by atoms with Crippen LogP contribution in [0.4, 0.5) is 0 Å². The summed E-state index contributed by atoms with van der Waals surface area (Å²) in [6, 6.07) is 8.17. The van der Waals surface area contributed by atoms with E-state index in [0.29, 0.717) is 18.3 Å². The van der Waals surface area contributed by atoms with Gasteiger partial charge in [-0.2, -0.15) is 0 Å². The van der Waals surface area contributed by atoms with Crippen LogP contribution >= 0.6 is 11.8 Å². The molecule has 1 saturated heterocycles. The Morgan fingerprint density at radius 3 is 2.92 bits per heavy atom. The number of nitrogens with one attached hydrogen (secondary N) is 1. The Labute approximate surface area is 158 Å². The number of ether oxygens (including phenoxy) is 1. The van der Waals surface area contributed by atoms with Crippen molar-refractivity contribution in [2.24, 2.45) is 0 Å². The lowest BCUT2D eigenvalue weighted by molar-refractivity contribution is -0.127. The fourth-order valence-electron chi connectivity index (χ4n) is 3.08. The number of rotatable bonds is 7. The number of carbonyl (C=O) groups excluding carboxylic acids is 1. The number of carbonyl (C=O) groups is 1. The highest BCUT2D eigenvalue weighted by Crippen LogP contribution is 2.25. The van der Waals surface area contributed by atoms with Crippen LogP contribution in [0.3, 0.4) is 0 Å². The zero-order valence-electron chi connectivity index (χ0n) is 15.2. The third kappa shape index (κ3) is 4.56. The van der Waals surface area contributed by atoms with Crippen LogP contribution < -0.4 is 10.1 Å². The molecule has 0 saturated carbocycles. The molecule has 1 N–H and O–H groups in total. The van der Waals surface area contributed by atoms with Crippen molar-refractivity contribution in [1.29, 1.82) is 0 Å². The monoisotopic (exact) mass is 375 g/mol. The van der Waals surface area contributed by atoms with Gasteiger partial charge in [0.05, 0.1) is 12.9 Å². The number of piperidine rings is 1. The van der Waals surface area contributed by atoms with Gasteiger partial charge in [-0.15, -0.1) is 10.2 Å². The molecule has 0 atom stereocenters. The number of thioether (sulfide) groups is 1. The third-order valence-electron chi connectivity index (χ3n) is 4.59. The van der Waals surface area contributed by atoms with E-state index in [0.717, 1.165) is 42.4 Å². The summed E-state index contributed by atoms with van der Waals surface area (Å²) in [4.78, 5) is 14.2. The average Bonchev–Trinajstić information content (AvgIpc) is 3.15. The van der Waals surface area contributed by atoms with Gasteiger partial charge in [-0.25, -0.2) is 0 Å². The molecule has 2 aromatic rings. The van der Waals surface area contributed by atoms with Crippen molar-refractivity contribution in [1.82, 2.24) is 25.0 Å². The Morgan fingerprint density at radius 1 is 1.38 bits per heavy atom. The van der Waals surface area contributed by atoms with Gasteiger partial charge in [0, 0.05) is 25.2 Å². The van der Waals surface area contributed by atoms with Crippen LogP contribution in [0.2, 0.25) is 0 Å². The molecule has 1 aromatic heterocycles. The molecule has 1 aliphatic rings. The van der Waals surface area contributed by atoms with Crippen LogP contribution in [-0.4, -0.2) is 58.6 Å². The van der Waals surface area contributed by atoms with Gasteiger partial charge in [0.25, 0.3) is 0 Å². The maximum Gasteiger partial charge on any atom is 0.233 e. The maximum atomic E-state index is 12.5. The molecule has 8 heteroatoms. The number of para-hydroxylation sites is 1. The van der Waals surface area contributed by atoms with Crippen molar-refractivity contribution in [3.8, 4) is 5.75 Å². The number of amides is 1. The Kier molecular flexibility index (Phi) is 6.51. The van der Waals surface area contributed by atoms with Crippen molar-refractivity contribution < 1.29 is 9.53 Å². The molecule has 0 bridgehead atoms. The number of hydrogen-bond acceptors (Lipinski definition) is 6. The zero-order chi connectivity index (χ0) is 18.4. The van der Waals surface area contributed by atoms with E-state index in [1.807, 2.05) is 31.3 Å². The predicted octanol–water partition coefficient (Wildman–Crippen LogP) is 1.96. The molecule has 3 rings (SSSR count). The second kappa shape index (κ2) is 9.05. The largest absolute Gasteiger partial charge is 0.496 e. The molecule has 0 spiro atoms. The van der Waals surface area contributed by atoms with Crippen molar-refractivity contribution in [2.45, 2.75) is 30.6 Å². The lowest BCUT2D eigenvalue weighted by atomic mass is 10.1. The van der Waals surface area contributed by atoms with Gasteiger partial charge < -0.3 is 19.5 Å². The lowest BCUT2D eigenvalue weighted by Gasteiger charge is -2.24. The molecule has 140 valence electrons. The first-order valence-electron chi connectivity index (χ1n) is 8.78. The molecule has 7 nitrogen and oxygen atoms in total. The van der Waals surface area contributed by atoms with E-state index in [1.54, 1.807) is 18.3 Å². The van der Waals surface area contributed by atoms with E-state index >= 15 is 0 Å². The number of aromatic nitrogens is 3. The van der Waals surface area contributed by atoms with Crippen molar-refractivity contribution in [3.63, 3.8) is 0 Å². The van der Waals surface area contributed by atoms with Crippen LogP contribution in [0.1, 0.15) is 24.4 Å². The van der Waals surface area contributed by atoms with E-state index in [2.05, 4.69) is 20.1 Å². The molecule has 0 unspecified atom stereocenters. The fraction of sp³-hybridized carbons (Fsp3) is 0.500. The van der Waals surface area contributed by atoms with Crippen LogP contribution in [0.25, 0.3) is 0 Å². The van der Waals surface area contributed by atoms with E-state index in [4.69, 9.17) is 4.74 Å². The minimum atomic E-state index is 0.0563. The normalized spacial score (nSPS) is 15.0. The quantitative estimate of drug-likeness (QED) is 0.746. The second-order valence-corrected chi connectivity index (χ2v) is 7.29. The molecule has 1 fully saturated rings. The van der Waals surface area contributed by atoms with Crippen LogP contribution in [0, 0.1) is 0 Å². The molecular formula is C18H25N5O2S. The van der Waals surface area contributed by atoms with Crippen molar-refractivity contribution in [2.75, 3.05) is 33.0 Å². The summed E-state index contributed by atoms with van der Waals surface area (Å²) >= 11 is 1.45. The first-order chi connectivity index (χ1) is 12.7. The molecule has 0 aliphatic carbocycles. The summed E-state index contributed by atoms with van der Waals surface area (Å²) in [5.41, 5.74) is 0.994. The summed E-state index contributed by atoms with van der Waals surface area (Å²) in [7, 11) is 3.46. The Bertz CT molecular complexity index is 730. The molecular weight excluding hydrogens is 350 g/mol. The topological polar surface area (TPSA) is 72.3 Å². The second-order valence-electron chi connectivity index (χ2n) is 6.35. The molecule has 1 aromatic carbocycles. The number of methoxy groups -OCH3 is 1. The van der Waals surface area contributed by atoms with Crippen molar-refractivity contribution >= 4 is 17.7 Å². The minimum absolute atomic E-state index is 0.0563. The molecule has 1 aliphatic heterocycles. The van der Waals surface area contributed by atoms with Gasteiger partial charge in [0.15, 0.2) is 5.16 Å². The van der Waals surface area contributed by atoms with E-state index in [1.165, 1.54) is 11.8 Å². The number of nitrogens with zero attached hydrogens (tertiary/aromatic N) is 4. The van der Waals surface area contributed by atoms with Crippen LogP contribution in [0.15, 0.2) is 35.7 Å². The lowest BCUT2D eigenvalue weighted by Crippen LogP contribution is -2.30. The molecule has 26 heavy (non-hydrogen) atoms. The van der Waals surface area contributed by atoms with Crippen LogP contribution in [-0.2, 0) is 11.3 Å². The minimum Gasteiger partial charge on any atom is -0.496 e. The average molecular weight is 375 g/mol. The van der Waals surface area contributed by atoms with Gasteiger partial charge in [-0.1, -0.05) is 30.0 Å². The highest BCUT2D eigenvalue weighted by Gasteiger charge is 2.20. The summed E-state index contributed by atoms with van der Waals surface area (Å²) in [6.07, 6.45) is 3.90. The molecule has 1 amide bonds. The van der Waals surface area contributed by atoms with Gasteiger partial charge in [0.1, 0.15) is 12.1 Å². The molecule has 2 heterocycles. The highest BCUT2D eigenvalue weighted by molar-refractivity contribution is 7.99. The van der Waals surface area contributed by atoms with Crippen molar-refractivity contribution in [3.05, 3.63) is 36.2 Å². The maximum absolute atomic E-state index is 12.5. The zero-order valence-corrected chi connectivity index (χ0v) is 16.0. The summed E-state index contributed by atoms with van der Waals surface area (Å²) in [6.45, 7) is 2.53. The van der Waals surface area contributed by atoms with E-state index in [9.17, 15) is 4.79 Å². The fourth-order valence-corrected chi connectivity index (χ4v) is 4.01. The summed E-state index contributed by atoms with van der Waals surface area (Å²) < 4.78 is 7.47. The first kappa shape index (κ1) is 18.7. The predicted molar refractivity (Wildman–Crippen MR) is 101 cm³/mol. The van der Waals surface area contributed by atoms with E-state index in [-0.39, 0.29) is 5.91 Å². The smallest absolute Gasteiger partial charge is 0.233 e. The summed E-state index contributed by atoms with van der Waals surface area (Å²) in [5, 5.41) is 12.4. The first-order valence-corrected chi connectivity index (χ1v) is 9.76. The highest BCUT2D eigenvalue weighted by atomic mass is 32.2.